The molecular weight excluding hydrogens is 260 g/mol. The summed E-state index contributed by atoms with van der Waals surface area (Å²) in [5.41, 5.74) is 1.34. The summed E-state index contributed by atoms with van der Waals surface area (Å²) in [6.45, 7) is 6.80. The Balaban J connectivity index is 2.15. The maximum Gasteiger partial charge on any atom is 0.165 e. The molecule has 1 aromatic rings. The van der Waals surface area contributed by atoms with Crippen LogP contribution >= 0.6 is 23.5 Å². The van der Waals surface area contributed by atoms with Crippen LogP contribution in [-0.2, 0) is 0 Å². The minimum atomic E-state index is 0.0264. The fourth-order valence-corrected chi connectivity index (χ4v) is 5.44. The third-order valence-corrected chi connectivity index (χ3v) is 5.41. The highest BCUT2D eigenvalue weighted by molar-refractivity contribution is 8.13. The monoisotopic (exact) mass is 278 g/mol. The molecule has 0 N–H and O–H groups in total. The standard InChI is InChI=1S/C14H18N2S2/c1-13(2)9-14(3)16(12(15-13)17-4)10-7-5-6-8-11(10)18-14/h5-8H,9H2,1-4H3/t14-/m1/s1. The van der Waals surface area contributed by atoms with Crippen molar-refractivity contribution in [1.82, 2.24) is 0 Å². The molecule has 4 heteroatoms. The Bertz CT molecular complexity index is 524. The number of rotatable bonds is 0. The zero-order chi connectivity index (χ0) is 13.0. The summed E-state index contributed by atoms with van der Waals surface area (Å²) in [5.74, 6) is 0. The molecule has 2 heterocycles. The Morgan fingerprint density at radius 2 is 2.00 bits per heavy atom. The van der Waals surface area contributed by atoms with Gasteiger partial charge in [0.25, 0.3) is 0 Å². The summed E-state index contributed by atoms with van der Waals surface area (Å²) in [5, 5.41) is 1.14. The van der Waals surface area contributed by atoms with Crippen LogP contribution in [0.5, 0.6) is 0 Å². The van der Waals surface area contributed by atoms with Crippen LogP contribution in [0, 0.1) is 0 Å². The average molecular weight is 278 g/mol. The first-order valence-corrected chi connectivity index (χ1v) is 8.21. The Morgan fingerprint density at radius 1 is 1.28 bits per heavy atom. The molecule has 2 aliphatic heterocycles. The Hall–Kier alpha value is -0.610. The minimum Gasteiger partial charge on any atom is -0.305 e. The molecule has 0 fully saturated rings. The van der Waals surface area contributed by atoms with Crippen LogP contribution in [0.2, 0.25) is 0 Å². The quantitative estimate of drug-likeness (QED) is 0.707. The van der Waals surface area contributed by atoms with Crippen LogP contribution in [0.3, 0.4) is 0 Å². The number of aliphatic imine (C=N–C) groups is 1. The lowest BCUT2D eigenvalue weighted by molar-refractivity contribution is 0.402. The average Bonchev–Trinajstić information content (AvgIpc) is 2.57. The second kappa shape index (κ2) is 3.94. The first-order chi connectivity index (χ1) is 8.45. The molecule has 2 aliphatic rings. The van der Waals surface area contributed by atoms with Gasteiger partial charge < -0.3 is 4.90 Å². The highest BCUT2D eigenvalue weighted by Crippen LogP contribution is 2.56. The first-order valence-electron chi connectivity index (χ1n) is 6.17. The summed E-state index contributed by atoms with van der Waals surface area (Å²) in [4.78, 5) is 8.81. The molecule has 0 radical (unpaired) electrons. The highest BCUT2D eigenvalue weighted by Gasteiger charge is 2.49. The molecule has 18 heavy (non-hydrogen) atoms. The normalized spacial score (nSPS) is 28.7. The Kier molecular flexibility index (Phi) is 2.72. The van der Waals surface area contributed by atoms with E-state index in [1.165, 1.54) is 10.6 Å². The molecule has 96 valence electrons. The molecular formula is C14H18N2S2. The van der Waals surface area contributed by atoms with Gasteiger partial charge in [0.2, 0.25) is 0 Å². The number of hydrogen-bond acceptors (Lipinski definition) is 4. The number of para-hydroxylation sites is 1. The van der Waals surface area contributed by atoms with E-state index in [0.29, 0.717) is 0 Å². The van der Waals surface area contributed by atoms with Gasteiger partial charge in [0.15, 0.2) is 5.17 Å². The predicted octanol–water partition coefficient (Wildman–Crippen LogP) is 4.22. The largest absolute Gasteiger partial charge is 0.305 e. The molecule has 0 spiro atoms. The Morgan fingerprint density at radius 3 is 2.72 bits per heavy atom. The van der Waals surface area contributed by atoms with Crippen molar-refractivity contribution in [3.05, 3.63) is 24.3 Å². The second-order valence-electron chi connectivity index (χ2n) is 5.67. The van der Waals surface area contributed by atoms with Gasteiger partial charge in [0, 0.05) is 11.3 Å². The zero-order valence-electron chi connectivity index (χ0n) is 11.2. The number of hydrogen-bond donors (Lipinski definition) is 0. The predicted molar refractivity (Wildman–Crippen MR) is 82.8 cm³/mol. The summed E-state index contributed by atoms with van der Waals surface area (Å²) < 4.78 is 0. The van der Waals surface area contributed by atoms with E-state index < -0.39 is 0 Å². The third-order valence-electron chi connectivity index (χ3n) is 3.44. The SMILES string of the molecule is CSC1=NC(C)(C)C[C@@]2(C)Sc3ccccc3N12. The van der Waals surface area contributed by atoms with Crippen molar-refractivity contribution in [3.63, 3.8) is 0 Å². The van der Waals surface area contributed by atoms with Crippen LogP contribution < -0.4 is 4.90 Å². The van der Waals surface area contributed by atoms with Gasteiger partial charge in [-0.25, -0.2) is 0 Å². The summed E-state index contributed by atoms with van der Waals surface area (Å²) >= 11 is 3.72. The van der Waals surface area contributed by atoms with Gasteiger partial charge in [-0.1, -0.05) is 35.7 Å². The lowest BCUT2D eigenvalue weighted by Crippen LogP contribution is -2.52. The van der Waals surface area contributed by atoms with Crippen LogP contribution in [-0.4, -0.2) is 21.8 Å². The van der Waals surface area contributed by atoms with Crippen molar-refractivity contribution < 1.29 is 0 Å². The van der Waals surface area contributed by atoms with E-state index in [-0.39, 0.29) is 10.4 Å². The van der Waals surface area contributed by atoms with Crippen LogP contribution in [0.1, 0.15) is 27.2 Å². The third kappa shape index (κ3) is 1.77. The molecule has 0 saturated heterocycles. The first kappa shape index (κ1) is 12.4. The second-order valence-corrected chi connectivity index (χ2v) is 7.96. The van der Waals surface area contributed by atoms with Gasteiger partial charge in [0.1, 0.15) is 0 Å². The van der Waals surface area contributed by atoms with Gasteiger partial charge in [-0.2, -0.15) is 0 Å². The van der Waals surface area contributed by atoms with Crippen molar-refractivity contribution >= 4 is 34.4 Å². The zero-order valence-corrected chi connectivity index (χ0v) is 12.9. The van der Waals surface area contributed by atoms with Gasteiger partial charge in [0.05, 0.1) is 16.1 Å². The summed E-state index contributed by atoms with van der Waals surface area (Å²) in [7, 11) is 0. The van der Waals surface area contributed by atoms with Crippen molar-refractivity contribution in [2.75, 3.05) is 11.2 Å². The van der Waals surface area contributed by atoms with E-state index in [0.717, 1.165) is 11.6 Å². The number of fused-ring (bicyclic) bond motifs is 3. The van der Waals surface area contributed by atoms with Gasteiger partial charge >= 0.3 is 0 Å². The smallest absolute Gasteiger partial charge is 0.165 e. The van der Waals surface area contributed by atoms with Gasteiger partial charge in [-0.3, -0.25) is 4.99 Å². The lowest BCUT2D eigenvalue weighted by Gasteiger charge is -2.45. The summed E-state index contributed by atoms with van der Waals surface area (Å²) in [6.07, 6.45) is 3.19. The maximum atomic E-state index is 4.91. The molecule has 0 saturated carbocycles. The van der Waals surface area contributed by atoms with Gasteiger partial charge in [-0.05, 0) is 39.2 Å². The van der Waals surface area contributed by atoms with Crippen molar-refractivity contribution in [3.8, 4) is 0 Å². The van der Waals surface area contributed by atoms with Gasteiger partial charge in [-0.15, -0.1) is 0 Å². The van der Waals surface area contributed by atoms with Crippen LogP contribution in [0.25, 0.3) is 0 Å². The van der Waals surface area contributed by atoms with E-state index in [4.69, 9.17) is 4.99 Å². The van der Waals surface area contributed by atoms with E-state index in [9.17, 15) is 0 Å². The molecule has 0 amide bonds. The van der Waals surface area contributed by atoms with Crippen LogP contribution in [0.15, 0.2) is 34.2 Å². The van der Waals surface area contributed by atoms with E-state index in [1.807, 2.05) is 11.8 Å². The molecule has 1 aromatic carbocycles. The van der Waals surface area contributed by atoms with E-state index in [2.05, 4.69) is 56.2 Å². The van der Waals surface area contributed by atoms with Crippen molar-refractivity contribution in [2.45, 2.75) is 42.5 Å². The van der Waals surface area contributed by atoms with E-state index in [1.54, 1.807) is 11.8 Å². The molecule has 0 bridgehead atoms. The number of benzene rings is 1. The Labute approximate surface area is 117 Å². The van der Waals surface area contributed by atoms with Crippen molar-refractivity contribution in [2.24, 2.45) is 4.99 Å². The highest BCUT2D eigenvalue weighted by atomic mass is 32.2. The number of anilines is 1. The van der Waals surface area contributed by atoms with E-state index >= 15 is 0 Å². The number of nitrogens with zero attached hydrogens (tertiary/aromatic N) is 2. The lowest BCUT2D eigenvalue weighted by atomic mass is 9.94. The number of thioether (sulfide) groups is 2. The summed E-state index contributed by atoms with van der Waals surface area (Å²) in [6, 6.07) is 8.66. The topological polar surface area (TPSA) is 15.6 Å². The fraction of sp³-hybridized carbons (Fsp3) is 0.500. The molecule has 3 rings (SSSR count). The number of amidine groups is 1. The molecule has 2 nitrogen and oxygen atoms in total. The van der Waals surface area contributed by atoms with Crippen LogP contribution in [0.4, 0.5) is 5.69 Å². The fourth-order valence-electron chi connectivity index (χ4n) is 2.97. The molecule has 0 unspecified atom stereocenters. The molecule has 0 aromatic heterocycles. The van der Waals surface area contributed by atoms with Crippen molar-refractivity contribution in [1.29, 1.82) is 0 Å². The molecule has 0 aliphatic carbocycles. The minimum absolute atomic E-state index is 0.0264. The molecule has 1 atom stereocenters. The maximum absolute atomic E-state index is 4.91.